The molecule has 0 aromatic heterocycles. The van der Waals surface area contributed by atoms with Crippen LogP contribution in [0.1, 0.15) is 33.6 Å². The van der Waals surface area contributed by atoms with Crippen molar-refractivity contribution in [2.75, 3.05) is 6.54 Å². The van der Waals surface area contributed by atoms with Crippen molar-refractivity contribution in [2.24, 2.45) is 5.73 Å². The number of carbonyl (C=O) groups excluding carboxylic acids is 2. The molecule has 5 heteroatoms. The molecule has 0 rings (SSSR count). The van der Waals surface area contributed by atoms with Gasteiger partial charge in [-0.25, -0.2) is 0 Å². The molecule has 0 spiro atoms. The fourth-order valence-corrected chi connectivity index (χ4v) is 0.973. The lowest BCUT2D eigenvalue weighted by Gasteiger charge is -2.16. The van der Waals surface area contributed by atoms with Gasteiger partial charge in [-0.1, -0.05) is 13.8 Å². The van der Waals surface area contributed by atoms with E-state index in [1.807, 2.05) is 13.8 Å². The first kappa shape index (κ1) is 13.9. The van der Waals surface area contributed by atoms with Crippen LogP contribution >= 0.6 is 0 Å². The molecule has 0 heterocycles. The first-order valence-corrected chi connectivity index (χ1v) is 5.36. The number of hydrogen-bond acceptors (Lipinski definition) is 3. The SMILES string of the molecule is CCCNC(=O)C(C)NC(=O)[C@@H](N)CC. The van der Waals surface area contributed by atoms with Crippen molar-refractivity contribution >= 4 is 11.8 Å². The molecule has 2 atom stereocenters. The van der Waals surface area contributed by atoms with Crippen LogP contribution in [0.3, 0.4) is 0 Å². The smallest absolute Gasteiger partial charge is 0.242 e. The monoisotopic (exact) mass is 215 g/mol. The Labute approximate surface area is 90.8 Å². The number of nitrogens with two attached hydrogens (primary N) is 1. The van der Waals surface area contributed by atoms with E-state index in [-0.39, 0.29) is 11.8 Å². The van der Waals surface area contributed by atoms with E-state index in [1.165, 1.54) is 0 Å². The number of rotatable bonds is 6. The van der Waals surface area contributed by atoms with Crippen LogP contribution in [0.15, 0.2) is 0 Å². The number of hydrogen-bond donors (Lipinski definition) is 3. The molecule has 0 fully saturated rings. The Bertz CT molecular complexity index is 219. The second-order valence-corrected chi connectivity index (χ2v) is 3.54. The van der Waals surface area contributed by atoms with Gasteiger partial charge in [0.1, 0.15) is 6.04 Å². The molecule has 0 aromatic rings. The van der Waals surface area contributed by atoms with Gasteiger partial charge in [0.2, 0.25) is 11.8 Å². The Kier molecular flexibility index (Phi) is 6.70. The molecule has 5 nitrogen and oxygen atoms in total. The maximum absolute atomic E-state index is 11.4. The summed E-state index contributed by atoms with van der Waals surface area (Å²) in [5, 5.41) is 5.26. The van der Waals surface area contributed by atoms with Crippen LogP contribution in [0.5, 0.6) is 0 Å². The highest BCUT2D eigenvalue weighted by Gasteiger charge is 2.18. The van der Waals surface area contributed by atoms with Crippen LogP contribution in [-0.4, -0.2) is 30.4 Å². The normalized spacial score (nSPS) is 14.1. The molecule has 0 bridgehead atoms. The van der Waals surface area contributed by atoms with Gasteiger partial charge in [-0.2, -0.15) is 0 Å². The summed E-state index contributed by atoms with van der Waals surface area (Å²) in [6.45, 7) is 6.06. The van der Waals surface area contributed by atoms with Gasteiger partial charge < -0.3 is 16.4 Å². The Morgan fingerprint density at radius 3 is 2.33 bits per heavy atom. The van der Waals surface area contributed by atoms with Gasteiger partial charge in [-0.05, 0) is 19.8 Å². The van der Waals surface area contributed by atoms with E-state index in [0.717, 1.165) is 6.42 Å². The molecular formula is C10H21N3O2. The number of amides is 2. The molecule has 0 aliphatic rings. The van der Waals surface area contributed by atoms with Gasteiger partial charge in [0.25, 0.3) is 0 Å². The molecule has 4 N–H and O–H groups in total. The van der Waals surface area contributed by atoms with Crippen LogP contribution in [0, 0.1) is 0 Å². The summed E-state index contributed by atoms with van der Waals surface area (Å²) in [6.07, 6.45) is 1.44. The lowest BCUT2D eigenvalue weighted by Crippen LogP contribution is -2.50. The molecule has 0 radical (unpaired) electrons. The van der Waals surface area contributed by atoms with Crippen LogP contribution in [0.4, 0.5) is 0 Å². The van der Waals surface area contributed by atoms with E-state index in [9.17, 15) is 9.59 Å². The van der Waals surface area contributed by atoms with Crippen molar-refractivity contribution in [1.82, 2.24) is 10.6 Å². The van der Waals surface area contributed by atoms with Gasteiger partial charge in [0.05, 0.1) is 6.04 Å². The second-order valence-electron chi connectivity index (χ2n) is 3.54. The highest BCUT2D eigenvalue weighted by molar-refractivity contribution is 5.89. The van der Waals surface area contributed by atoms with E-state index in [0.29, 0.717) is 13.0 Å². The molecule has 88 valence electrons. The molecule has 0 aliphatic heterocycles. The Morgan fingerprint density at radius 1 is 1.27 bits per heavy atom. The van der Waals surface area contributed by atoms with E-state index in [1.54, 1.807) is 6.92 Å². The van der Waals surface area contributed by atoms with Crippen molar-refractivity contribution in [2.45, 2.75) is 45.7 Å². The van der Waals surface area contributed by atoms with Crippen molar-refractivity contribution in [3.63, 3.8) is 0 Å². The standard InChI is InChI=1S/C10H21N3O2/c1-4-6-12-9(14)7(3)13-10(15)8(11)5-2/h7-8H,4-6,11H2,1-3H3,(H,12,14)(H,13,15)/t7?,8-/m0/s1. The highest BCUT2D eigenvalue weighted by atomic mass is 16.2. The Balaban J connectivity index is 3.95. The number of carbonyl (C=O) groups is 2. The summed E-state index contributed by atoms with van der Waals surface area (Å²) in [6, 6.07) is -1.06. The van der Waals surface area contributed by atoms with Gasteiger partial charge in [0, 0.05) is 6.54 Å². The van der Waals surface area contributed by atoms with E-state index < -0.39 is 12.1 Å². The first-order chi connectivity index (χ1) is 7.02. The number of nitrogens with one attached hydrogen (secondary N) is 2. The predicted octanol–water partition coefficient (Wildman–Crippen LogP) is -0.245. The minimum Gasteiger partial charge on any atom is -0.354 e. The topological polar surface area (TPSA) is 84.2 Å². The predicted molar refractivity (Wildman–Crippen MR) is 59.2 cm³/mol. The third-order valence-electron chi connectivity index (χ3n) is 2.08. The van der Waals surface area contributed by atoms with Crippen LogP contribution in [-0.2, 0) is 9.59 Å². The summed E-state index contributed by atoms with van der Waals surface area (Å²) >= 11 is 0. The molecule has 2 amide bonds. The van der Waals surface area contributed by atoms with Gasteiger partial charge in [-0.15, -0.1) is 0 Å². The average Bonchev–Trinajstić information content (AvgIpc) is 2.24. The molecule has 0 saturated heterocycles. The Hall–Kier alpha value is -1.10. The van der Waals surface area contributed by atoms with Crippen LogP contribution in [0.25, 0.3) is 0 Å². The minimum absolute atomic E-state index is 0.173. The molecular weight excluding hydrogens is 194 g/mol. The zero-order valence-corrected chi connectivity index (χ0v) is 9.67. The molecule has 1 unspecified atom stereocenters. The summed E-state index contributed by atoms with van der Waals surface area (Å²) in [5.41, 5.74) is 5.52. The van der Waals surface area contributed by atoms with E-state index in [4.69, 9.17) is 5.73 Å². The highest BCUT2D eigenvalue weighted by Crippen LogP contribution is 1.89. The largest absolute Gasteiger partial charge is 0.354 e. The average molecular weight is 215 g/mol. The van der Waals surface area contributed by atoms with Gasteiger partial charge >= 0.3 is 0 Å². The molecule has 0 aromatic carbocycles. The lowest BCUT2D eigenvalue weighted by molar-refractivity contribution is -0.129. The van der Waals surface area contributed by atoms with Crippen LogP contribution in [0.2, 0.25) is 0 Å². The molecule has 0 saturated carbocycles. The zero-order chi connectivity index (χ0) is 11.8. The van der Waals surface area contributed by atoms with Gasteiger partial charge in [0.15, 0.2) is 0 Å². The third kappa shape index (κ3) is 5.37. The first-order valence-electron chi connectivity index (χ1n) is 5.36. The van der Waals surface area contributed by atoms with Crippen molar-refractivity contribution in [3.05, 3.63) is 0 Å². The maximum Gasteiger partial charge on any atom is 0.242 e. The maximum atomic E-state index is 11.4. The zero-order valence-electron chi connectivity index (χ0n) is 9.67. The molecule has 15 heavy (non-hydrogen) atoms. The van der Waals surface area contributed by atoms with Crippen LogP contribution < -0.4 is 16.4 Å². The van der Waals surface area contributed by atoms with Crippen molar-refractivity contribution < 1.29 is 9.59 Å². The summed E-state index contributed by atoms with van der Waals surface area (Å²) in [4.78, 5) is 22.7. The van der Waals surface area contributed by atoms with E-state index >= 15 is 0 Å². The summed E-state index contributed by atoms with van der Waals surface area (Å²) in [5.74, 6) is -0.454. The summed E-state index contributed by atoms with van der Waals surface area (Å²) in [7, 11) is 0. The molecule has 0 aliphatic carbocycles. The fourth-order valence-electron chi connectivity index (χ4n) is 0.973. The van der Waals surface area contributed by atoms with E-state index in [2.05, 4.69) is 10.6 Å². The quantitative estimate of drug-likeness (QED) is 0.571. The second kappa shape index (κ2) is 7.23. The fraction of sp³-hybridized carbons (Fsp3) is 0.800. The Morgan fingerprint density at radius 2 is 1.87 bits per heavy atom. The van der Waals surface area contributed by atoms with Crippen molar-refractivity contribution in [1.29, 1.82) is 0 Å². The van der Waals surface area contributed by atoms with Crippen molar-refractivity contribution in [3.8, 4) is 0 Å². The van der Waals surface area contributed by atoms with Gasteiger partial charge in [-0.3, -0.25) is 9.59 Å². The lowest BCUT2D eigenvalue weighted by atomic mass is 10.2. The third-order valence-corrected chi connectivity index (χ3v) is 2.08. The summed E-state index contributed by atoms with van der Waals surface area (Å²) < 4.78 is 0. The minimum atomic E-state index is -0.536.